The van der Waals surface area contributed by atoms with Crippen LogP contribution in [0.2, 0.25) is 0 Å². The highest BCUT2D eigenvalue weighted by molar-refractivity contribution is 8.02. The molecule has 2 aliphatic heterocycles. The third kappa shape index (κ3) is 2.06. The van der Waals surface area contributed by atoms with Gasteiger partial charge in [-0.3, -0.25) is 4.99 Å². The average molecular weight is 260 g/mol. The van der Waals surface area contributed by atoms with Crippen molar-refractivity contribution in [3.8, 4) is 0 Å². The summed E-state index contributed by atoms with van der Waals surface area (Å²) in [6.07, 6.45) is 4.12. The number of fused-ring (bicyclic) bond motifs is 1. The Bertz CT molecular complexity index is 504. The van der Waals surface area contributed by atoms with Crippen LogP contribution >= 0.6 is 11.8 Å². The van der Waals surface area contributed by atoms with E-state index in [4.69, 9.17) is 4.74 Å². The van der Waals surface area contributed by atoms with Crippen molar-refractivity contribution in [1.29, 1.82) is 0 Å². The van der Waals surface area contributed by atoms with Gasteiger partial charge in [0.1, 0.15) is 0 Å². The summed E-state index contributed by atoms with van der Waals surface area (Å²) in [4.78, 5) is 6.89. The number of benzene rings is 1. The van der Waals surface area contributed by atoms with Gasteiger partial charge in [0.2, 0.25) is 0 Å². The van der Waals surface area contributed by atoms with E-state index in [0.29, 0.717) is 0 Å². The lowest BCUT2D eigenvalue weighted by Crippen LogP contribution is -2.35. The monoisotopic (exact) mass is 260 g/mol. The molecule has 0 atom stereocenters. The standard InChI is InChI=1S/C14H16N2OS/c1-18-14(16-6-8-17-9-7-16)12-10-15-13-5-3-2-4-11(12)13/h2-5,10H,6-9H2,1H3/b14-12+. The molecule has 1 saturated heterocycles. The first-order valence-electron chi connectivity index (χ1n) is 6.14. The molecule has 0 spiro atoms. The molecule has 0 amide bonds. The van der Waals surface area contributed by atoms with Crippen LogP contribution < -0.4 is 0 Å². The van der Waals surface area contributed by atoms with Gasteiger partial charge < -0.3 is 9.64 Å². The third-order valence-corrected chi connectivity index (χ3v) is 4.11. The summed E-state index contributed by atoms with van der Waals surface area (Å²) in [6, 6.07) is 8.32. The SMILES string of the molecule is CS/C(=C1\C=Nc2ccccc21)N1CCOCC1. The molecule has 3 rings (SSSR count). The Balaban J connectivity index is 2.00. The molecule has 0 N–H and O–H groups in total. The maximum Gasteiger partial charge on any atom is 0.0802 e. The lowest BCUT2D eigenvalue weighted by molar-refractivity contribution is 0.0580. The van der Waals surface area contributed by atoms with E-state index >= 15 is 0 Å². The predicted molar refractivity (Wildman–Crippen MR) is 77.4 cm³/mol. The molecule has 4 heteroatoms. The Morgan fingerprint density at radius 3 is 2.83 bits per heavy atom. The number of para-hydroxylation sites is 1. The Morgan fingerprint density at radius 1 is 1.28 bits per heavy atom. The van der Waals surface area contributed by atoms with Crippen LogP contribution in [0.15, 0.2) is 34.3 Å². The Morgan fingerprint density at radius 2 is 2.06 bits per heavy atom. The summed E-state index contributed by atoms with van der Waals surface area (Å²) < 4.78 is 5.42. The largest absolute Gasteiger partial charge is 0.378 e. The molecule has 0 aliphatic carbocycles. The molecule has 0 saturated carbocycles. The van der Waals surface area contributed by atoms with Crippen LogP contribution in [-0.2, 0) is 4.74 Å². The Hall–Kier alpha value is -1.26. The molecule has 18 heavy (non-hydrogen) atoms. The van der Waals surface area contributed by atoms with Crippen molar-refractivity contribution < 1.29 is 4.74 Å². The van der Waals surface area contributed by atoms with Crippen molar-refractivity contribution in [2.45, 2.75) is 0 Å². The fraction of sp³-hybridized carbons (Fsp3) is 0.357. The molecule has 0 aromatic heterocycles. The maximum absolute atomic E-state index is 5.42. The van der Waals surface area contributed by atoms with E-state index in [2.05, 4.69) is 34.3 Å². The minimum Gasteiger partial charge on any atom is -0.378 e. The summed E-state index contributed by atoms with van der Waals surface area (Å²) in [5.74, 6) is 0. The van der Waals surface area contributed by atoms with Crippen molar-refractivity contribution in [3.05, 3.63) is 34.9 Å². The summed E-state index contributed by atoms with van der Waals surface area (Å²) in [5, 5.41) is 1.31. The van der Waals surface area contributed by atoms with Gasteiger partial charge in [0, 0.05) is 30.4 Å². The van der Waals surface area contributed by atoms with Crippen LogP contribution in [0.25, 0.3) is 5.57 Å². The van der Waals surface area contributed by atoms with E-state index in [1.165, 1.54) is 16.2 Å². The molecule has 1 fully saturated rings. The number of hydrogen-bond acceptors (Lipinski definition) is 4. The highest BCUT2D eigenvalue weighted by Gasteiger charge is 2.21. The van der Waals surface area contributed by atoms with E-state index in [0.717, 1.165) is 32.0 Å². The summed E-state index contributed by atoms with van der Waals surface area (Å²) in [7, 11) is 0. The van der Waals surface area contributed by atoms with Crippen molar-refractivity contribution in [1.82, 2.24) is 4.90 Å². The number of morpholine rings is 1. The van der Waals surface area contributed by atoms with E-state index in [-0.39, 0.29) is 0 Å². The molecule has 1 aromatic carbocycles. The van der Waals surface area contributed by atoms with Crippen LogP contribution in [0.4, 0.5) is 5.69 Å². The van der Waals surface area contributed by atoms with Gasteiger partial charge in [0.05, 0.1) is 23.9 Å². The molecular weight excluding hydrogens is 244 g/mol. The fourth-order valence-electron chi connectivity index (χ4n) is 2.36. The number of allylic oxidation sites excluding steroid dienone is 1. The van der Waals surface area contributed by atoms with Crippen molar-refractivity contribution in [2.24, 2.45) is 4.99 Å². The number of ether oxygens (including phenoxy) is 1. The zero-order valence-electron chi connectivity index (χ0n) is 10.4. The van der Waals surface area contributed by atoms with E-state index in [9.17, 15) is 0 Å². The third-order valence-electron chi connectivity index (χ3n) is 3.25. The number of thioether (sulfide) groups is 1. The van der Waals surface area contributed by atoms with Crippen LogP contribution in [0.1, 0.15) is 5.56 Å². The molecule has 0 radical (unpaired) electrons. The van der Waals surface area contributed by atoms with Crippen LogP contribution in [0, 0.1) is 0 Å². The molecule has 0 bridgehead atoms. The van der Waals surface area contributed by atoms with Crippen molar-refractivity contribution in [3.63, 3.8) is 0 Å². The van der Waals surface area contributed by atoms with Gasteiger partial charge in [-0.15, -0.1) is 11.8 Å². The molecule has 0 unspecified atom stereocenters. The molecule has 2 aliphatic rings. The Kier molecular flexibility index (Phi) is 3.39. The van der Waals surface area contributed by atoms with Gasteiger partial charge >= 0.3 is 0 Å². The maximum atomic E-state index is 5.42. The summed E-state index contributed by atoms with van der Waals surface area (Å²) in [5.41, 5.74) is 3.57. The highest BCUT2D eigenvalue weighted by atomic mass is 32.2. The quantitative estimate of drug-likeness (QED) is 0.817. The zero-order valence-corrected chi connectivity index (χ0v) is 11.2. The van der Waals surface area contributed by atoms with Crippen molar-refractivity contribution >= 4 is 29.2 Å². The highest BCUT2D eigenvalue weighted by Crippen LogP contribution is 2.36. The van der Waals surface area contributed by atoms with E-state index in [1.54, 1.807) is 11.8 Å². The van der Waals surface area contributed by atoms with E-state index < -0.39 is 0 Å². The van der Waals surface area contributed by atoms with Crippen LogP contribution in [0.5, 0.6) is 0 Å². The van der Waals surface area contributed by atoms with Gasteiger partial charge in [0.15, 0.2) is 0 Å². The summed E-state index contributed by atoms with van der Waals surface area (Å²) >= 11 is 1.80. The molecule has 1 aromatic rings. The molecule has 2 heterocycles. The van der Waals surface area contributed by atoms with Gasteiger partial charge in [-0.05, 0) is 12.3 Å². The van der Waals surface area contributed by atoms with Crippen LogP contribution in [0.3, 0.4) is 0 Å². The number of aliphatic imine (C=N–C) groups is 1. The molecular formula is C14H16N2OS. The Labute approximate surface area is 112 Å². The second kappa shape index (κ2) is 5.16. The minimum absolute atomic E-state index is 0.816. The first kappa shape index (κ1) is 11.8. The zero-order chi connectivity index (χ0) is 12.4. The first-order chi connectivity index (χ1) is 8.90. The van der Waals surface area contributed by atoms with Gasteiger partial charge in [-0.2, -0.15) is 0 Å². The van der Waals surface area contributed by atoms with Gasteiger partial charge in [0.25, 0.3) is 0 Å². The summed E-state index contributed by atoms with van der Waals surface area (Å²) in [6.45, 7) is 3.57. The second-order valence-corrected chi connectivity index (χ2v) is 5.09. The van der Waals surface area contributed by atoms with E-state index in [1.807, 2.05) is 12.3 Å². The minimum atomic E-state index is 0.816. The number of nitrogens with zero attached hydrogens (tertiary/aromatic N) is 2. The number of rotatable bonds is 2. The lowest BCUT2D eigenvalue weighted by atomic mass is 10.1. The average Bonchev–Trinajstić information content (AvgIpc) is 2.85. The topological polar surface area (TPSA) is 24.8 Å². The molecule has 94 valence electrons. The first-order valence-corrected chi connectivity index (χ1v) is 7.37. The van der Waals surface area contributed by atoms with Crippen LogP contribution in [-0.4, -0.2) is 43.7 Å². The van der Waals surface area contributed by atoms with Gasteiger partial charge in [-0.25, -0.2) is 0 Å². The smallest absolute Gasteiger partial charge is 0.0802 e. The van der Waals surface area contributed by atoms with Gasteiger partial charge in [-0.1, -0.05) is 18.2 Å². The van der Waals surface area contributed by atoms with Crippen molar-refractivity contribution in [2.75, 3.05) is 32.6 Å². The molecule has 3 nitrogen and oxygen atoms in total. The second-order valence-electron chi connectivity index (χ2n) is 4.30. The fourth-order valence-corrected chi connectivity index (χ4v) is 3.19. The predicted octanol–water partition coefficient (Wildman–Crippen LogP) is 2.77. The lowest BCUT2D eigenvalue weighted by Gasteiger charge is -2.31. The number of hydrogen-bond donors (Lipinski definition) is 0. The normalized spacial score (nSPS) is 21.1.